The molecule has 0 radical (unpaired) electrons. The van der Waals surface area contributed by atoms with Crippen LogP contribution in [0.1, 0.15) is 28.6 Å². The summed E-state index contributed by atoms with van der Waals surface area (Å²) in [5, 5.41) is 8.10. The Hall–Kier alpha value is -2.74. The van der Waals surface area contributed by atoms with Crippen molar-refractivity contribution in [1.29, 1.82) is 0 Å². The number of rotatable bonds is 7. The van der Waals surface area contributed by atoms with Gasteiger partial charge in [-0.1, -0.05) is 33.9 Å². The van der Waals surface area contributed by atoms with Crippen molar-refractivity contribution in [3.63, 3.8) is 0 Å². The van der Waals surface area contributed by atoms with E-state index < -0.39 is 5.97 Å². The molecule has 0 spiro atoms. The average Bonchev–Trinajstić information content (AvgIpc) is 3.05. The van der Waals surface area contributed by atoms with Crippen molar-refractivity contribution >= 4 is 28.8 Å². The minimum Gasteiger partial charge on any atom is -0.503 e. The SMILES string of the molecule is CO/C=C(/C(=O)OC)c1ccccc1CO/N=C(/C)c1nnsc1C. The van der Waals surface area contributed by atoms with Gasteiger partial charge in [0.25, 0.3) is 0 Å². The fraction of sp³-hybridized carbons (Fsp3) is 0.294. The molecule has 0 saturated heterocycles. The number of methoxy groups -OCH3 is 2. The van der Waals surface area contributed by atoms with Crippen LogP contribution >= 0.6 is 11.5 Å². The lowest BCUT2D eigenvalue weighted by atomic mass is 10.0. The molecule has 0 atom stereocenters. The van der Waals surface area contributed by atoms with Gasteiger partial charge in [-0.15, -0.1) is 5.10 Å². The van der Waals surface area contributed by atoms with Crippen LogP contribution < -0.4 is 0 Å². The first-order valence-electron chi connectivity index (χ1n) is 7.44. The molecule has 25 heavy (non-hydrogen) atoms. The molecule has 1 aromatic carbocycles. The molecule has 8 heteroatoms. The number of ether oxygens (including phenoxy) is 2. The quantitative estimate of drug-likeness (QED) is 0.248. The standard InChI is InChI=1S/C17H19N3O4S/c1-11(16-12(2)25-20-18-16)19-24-9-13-7-5-6-8-14(13)15(10-22-3)17(21)23-4/h5-8,10H,9H2,1-4H3/b15-10+,19-11-. The normalized spacial score (nSPS) is 12.0. The molecule has 0 aliphatic rings. The van der Waals surface area contributed by atoms with E-state index in [1.807, 2.05) is 25.1 Å². The minimum atomic E-state index is -0.488. The second-order valence-corrected chi connectivity index (χ2v) is 6.00. The summed E-state index contributed by atoms with van der Waals surface area (Å²) in [5.74, 6) is -0.488. The number of carbonyl (C=O) groups is 1. The lowest BCUT2D eigenvalue weighted by molar-refractivity contribution is -0.133. The lowest BCUT2D eigenvalue weighted by Crippen LogP contribution is -2.07. The molecular weight excluding hydrogens is 342 g/mol. The van der Waals surface area contributed by atoms with Crippen LogP contribution in [0.5, 0.6) is 0 Å². The average molecular weight is 361 g/mol. The largest absolute Gasteiger partial charge is 0.503 e. The van der Waals surface area contributed by atoms with E-state index in [0.29, 0.717) is 22.5 Å². The number of hydrogen-bond donors (Lipinski definition) is 0. The molecule has 0 unspecified atom stereocenters. The second-order valence-electron chi connectivity index (χ2n) is 5.04. The van der Waals surface area contributed by atoms with E-state index in [-0.39, 0.29) is 6.61 Å². The first kappa shape index (κ1) is 18.6. The monoisotopic (exact) mass is 361 g/mol. The van der Waals surface area contributed by atoms with Crippen molar-refractivity contribution in [3.05, 3.63) is 52.2 Å². The smallest absolute Gasteiger partial charge is 0.341 e. The highest BCUT2D eigenvalue weighted by Crippen LogP contribution is 2.22. The molecule has 132 valence electrons. The Morgan fingerprint density at radius 2 is 2.08 bits per heavy atom. The van der Waals surface area contributed by atoms with Gasteiger partial charge < -0.3 is 14.3 Å². The Balaban J connectivity index is 2.19. The lowest BCUT2D eigenvalue weighted by Gasteiger charge is -2.11. The van der Waals surface area contributed by atoms with Gasteiger partial charge >= 0.3 is 5.97 Å². The van der Waals surface area contributed by atoms with Crippen LogP contribution in [-0.2, 0) is 25.7 Å². The third-order valence-corrected chi connectivity index (χ3v) is 4.00. The van der Waals surface area contributed by atoms with Gasteiger partial charge in [0.05, 0.1) is 25.4 Å². The molecule has 1 heterocycles. The molecule has 0 amide bonds. The predicted octanol–water partition coefficient (Wildman–Crippen LogP) is 2.95. The zero-order valence-corrected chi connectivity index (χ0v) is 15.3. The van der Waals surface area contributed by atoms with Crippen LogP contribution in [0.3, 0.4) is 0 Å². The van der Waals surface area contributed by atoms with E-state index in [9.17, 15) is 4.79 Å². The summed E-state index contributed by atoms with van der Waals surface area (Å²) in [4.78, 5) is 18.4. The summed E-state index contributed by atoms with van der Waals surface area (Å²) in [7, 11) is 2.79. The van der Waals surface area contributed by atoms with Gasteiger partial charge in [0.15, 0.2) is 0 Å². The van der Waals surface area contributed by atoms with Crippen molar-refractivity contribution in [2.45, 2.75) is 20.5 Å². The Bertz CT molecular complexity index is 799. The summed E-state index contributed by atoms with van der Waals surface area (Å²) in [5.41, 5.74) is 3.11. The second kappa shape index (κ2) is 8.93. The summed E-state index contributed by atoms with van der Waals surface area (Å²) in [6.07, 6.45) is 1.35. The maximum absolute atomic E-state index is 12.0. The number of carbonyl (C=O) groups excluding carboxylic acids is 1. The van der Waals surface area contributed by atoms with Crippen molar-refractivity contribution in [1.82, 2.24) is 9.59 Å². The topological polar surface area (TPSA) is 82.9 Å². The molecule has 2 rings (SSSR count). The third kappa shape index (κ3) is 4.63. The summed E-state index contributed by atoms with van der Waals surface area (Å²) in [6.45, 7) is 3.91. The van der Waals surface area contributed by atoms with Crippen LogP contribution in [0, 0.1) is 6.92 Å². The molecule has 0 aliphatic carbocycles. The number of hydrogen-bond acceptors (Lipinski definition) is 8. The third-order valence-electron chi connectivity index (χ3n) is 3.36. The number of aryl methyl sites for hydroxylation is 1. The number of nitrogens with zero attached hydrogens (tertiary/aromatic N) is 3. The fourth-order valence-corrected chi connectivity index (χ4v) is 2.68. The van der Waals surface area contributed by atoms with Gasteiger partial charge in [-0.3, -0.25) is 0 Å². The minimum absolute atomic E-state index is 0.183. The zero-order valence-electron chi connectivity index (χ0n) is 14.5. The van der Waals surface area contributed by atoms with Crippen LogP contribution in [0.15, 0.2) is 35.7 Å². The van der Waals surface area contributed by atoms with Gasteiger partial charge in [0.1, 0.15) is 23.6 Å². The van der Waals surface area contributed by atoms with Crippen LogP contribution in [0.2, 0.25) is 0 Å². The molecule has 0 fully saturated rings. The van der Waals surface area contributed by atoms with Crippen LogP contribution in [0.25, 0.3) is 5.57 Å². The first-order chi connectivity index (χ1) is 12.1. The maximum Gasteiger partial charge on any atom is 0.341 e. The van der Waals surface area contributed by atoms with Crippen molar-refractivity contribution in [2.24, 2.45) is 5.16 Å². The highest BCUT2D eigenvalue weighted by atomic mass is 32.1. The van der Waals surface area contributed by atoms with Gasteiger partial charge in [-0.05, 0) is 30.9 Å². The summed E-state index contributed by atoms with van der Waals surface area (Å²) >= 11 is 1.31. The van der Waals surface area contributed by atoms with Gasteiger partial charge in [-0.25, -0.2) is 4.79 Å². The molecule has 1 aromatic heterocycles. The van der Waals surface area contributed by atoms with E-state index in [4.69, 9.17) is 14.3 Å². The Morgan fingerprint density at radius 3 is 2.72 bits per heavy atom. The molecule has 0 saturated carbocycles. The number of oxime groups is 1. The predicted molar refractivity (Wildman–Crippen MR) is 95.1 cm³/mol. The van der Waals surface area contributed by atoms with Gasteiger partial charge in [0.2, 0.25) is 0 Å². The Labute approximate surface area is 150 Å². The van der Waals surface area contributed by atoms with Crippen molar-refractivity contribution in [2.75, 3.05) is 14.2 Å². The van der Waals surface area contributed by atoms with Crippen LogP contribution in [-0.4, -0.2) is 35.5 Å². The van der Waals surface area contributed by atoms with Crippen LogP contribution in [0.4, 0.5) is 0 Å². The van der Waals surface area contributed by atoms with Gasteiger partial charge in [-0.2, -0.15) is 0 Å². The maximum atomic E-state index is 12.0. The van der Waals surface area contributed by atoms with Crippen molar-refractivity contribution in [3.8, 4) is 0 Å². The molecular formula is C17H19N3O4S. The zero-order chi connectivity index (χ0) is 18.2. The molecule has 7 nitrogen and oxygen atoms in total. The Morgan fingerprint density at radius 1 is 1.32 bits per heavy atom. The highest BCUT2D eigenvalue weighted by molar-refractivity contribution is 7.05. The Kier molecular flexibility index (Phi) is 6.64. The molecule has 0 bridgehead atoms. The van der Waals surface area contributed by atoms with E-state index in [1.165, 1.54) is 32.0 Å². The summed E-state index contributed by atoms with van der Waals surface area (Å²) in [6, 6.07) is 7.33. The number of benzene rings is 1. The van der Waals surface area contributed by atoms with E-state index >= 15 is 0 Å². The van der Waals surface area contributed by atoms with E-state index in [2.05, 4.69) is 14.7 Å². The molecule has 0 N–H and O–H groups in total. The van der Waals surface area contributed by atoms with E-state index in [1.54, 1.807) is 13.0 Å². The van der Waals surface area contributed by atoms with Gasteiger partial charge in [0, 0.05) is 5.56 Å². The molecule has 2 aromatic rings. The van der Waals surface area contributed by atoms with Crippen molar-refractivity contribution < 1.29 is 19.1 Å². The fourth-order valence-electron chi connectivity index (χ4n) is 2.16. The summed E-state index contributed by atoms with van der Waals surface area (Å²) < 4.78 is 13.7. The first-order valence-corrected chi connectivity index (χ1v) is 8.21. The molecule has 0 aliphatic heterocycles. The highest BCUT2D eigenvalue weighted by Gasteiger charge is 2.17. The van der Waals surface area contributed by atoms with E-state index in [0.717, 1.165) is 10.4 Å². The number of esters is 1. The number of aromatic nitrogens is 2.